The molecule has 1 aliphatic rings. The quantitative estimate of drug-likeness (QED) is 0.715. The summed E-state index contributed by atoms with van der Waals surface area (Å²) in [6.45, 7) is 2.11. The molecular formula is C12H24O2. The predicted molar refractivity (Wildman–Crippen MR) is 58.1 cm³/mol. The number of aliphatic hydroxyl groups excluding tert-OH is 2. The van der Waals surface area contributed by atoms with Gasteiger partial charge in [0, 0.05) is 0 Å². The molecule has 0 spiro atoms. The average Bonchev–Trinajstić information content (AvgIpc) is 2.26. The molecule has 1 saturated carbocycles. The Bertz CT molecular complexity index is 141. The summed E-state index contributed by atoms with van der Waals surface area (Å²) in [6.07, 6.45) is 7.86. The summed E-state index contributed by atoms with van der Waals surface area (Å²) in [7, 11) is 0. The van der Waals surface area contributed by atoms with E-state index in [-0.39, 0.29) is 0 Å². The lowest BCUT2D eigenvalue weighted by Crippen LogP contribution is -2.34. The molecule has 0 radical (unpaired) electrons. The van der Waals surface area contributed by atoms with Gasteiger partial charge in [-0.3, -0.25) is 0 Å². The third-order valence-corrected chi connectivity index (χ3v) is 3.38. The maximum atomic E-state index is 9.92. The van der Waals surface area contributed by atoms with Crippen LogP contribution in [0.1, 0.15) is 58.3 Å². The number of hydrogen-bond acceptors (Lipinski definition) is 2. The van der Waals surface area contributed by atoms with Crippen LogP contribution in [0, 0.1) is 5.92 Å². The lowest BCUT2D eigenvalue weighted by molar-refractivity contribution is -0.0313. The Morgan fingerprint density at radius 2 is 1.79 bits per heavy atom. The SMILES string of the molecule is CCCCC(O)C(O)C1CCCCC1. The summed E-state index contributed by atoms with van der Waals surface area (Å²) < 4.78 is 0. The van der Waals surface area contributed by atoms with Crippen molar-refractivity contribution in [1.82, 2.24) is 0 Å². The van der Waals surface area contributed by atoms with Crippen molar-refractivity contribution in [2.24, 2.45) is 5.92 Å². The lowest BCUT2D eigenvalue weighted by Gasteiger charge is -2.29. The van der Waals surface area contributed by atoms with E-state index in [4.69, 9.17) is 0 Å². The van der Waals surface area contributed by atoms with E-state index in [2.05, 4.69) is 6.92 Å². The van der Waals surface area contributed by atoms with Crippen LogP contribution in [0.4, 0.5) is 0 Å². The first kappa shape index (κ1) is 12.0. The Morgan fingerprint density at radius 3 is 2.36 bits per heavy atom. The van der Waals surface area contributed by atoms with Crippen molar-refractivity contribution in [3.8, 4) is 0 Å². The molecule has 2 heteroatoms. The molecule has 0 aromatic carbocycles. The van der Waals surface area contributed by atoms with Gasteiger partial charge in [-0.1, -0.05) is 39.0 Å². The standard InChI is InChI=1S/C12H24O2/c1-2-3-9-11(13)12(14)10-7-5-4-6-8-10/h10-14H,2-9H2,1H3. The second-order valence-corrected chi connectivity index (χ2v) is 4.60. The number of hydrogen-bond donors (Lipinski definition) is 2. The Labute approximate surface area is 87.3 Å². The van der Waals surface area contributed by atoms with E-state index in [0.29, 0.717) is 5.92 Å². The third kappa shape index (κ3) is 3.58. The van der Waals surface area contributed by atoms with Crippen molar-refractivity contribution in [2.75, 3.05) is 0 Å². The summed E-state index contributed by atoms with van der Waals surface area (Å²) in [4.78, 5) is 0. The normalized spacial score (nSPS) is 23.4. The minimum atomic E-state index is -0.488. The molecule has 84 valence electrons. The molecule has 2 unspecified atom stereocenters. The van der Waals surface area contributed by atoms with E-state index in [9.17, 15) is 10.2 Å². The van der Waals surface area contributed by atoms with Gasteiger partial charge in [0.2, 0.25) is 0 Å². The first-order valence-corrected chi connectivity index (χ1v) is 6.11. The molecule has 1 fully saturated rings. The highest BCUT2D eigenvalue weighted by Crippen LogP contribution is 2.28. The zero-order chi connectivity index (χ0) is 10.4. The highest BCUT2D eigenvalue weighted by Gasteiger charge is 2.26. The summed E-state index contributed by atoms with van der Waals surface area (Å²) in [5, 5.41) is 19.7. The van der Waals surface area contributed by atoms with Crippen LogP contribution >= 0.6 is 0 Å². The van der Waals surface area contributed by atoms with Crippen molar-refractivity contribution < 1.29 is 10.2 Å². The van der Waals surface area contributed by atoms with E-state index >= 15 is 0 Å². The highest BCUT2D eigenvalue weighted by atomic mass is 16.3. The van der Waals surface area contributed by atoms with E-state index in [1.54, 1.807) is 0 Å². The molecule has 1 rings (SSSR count). The molecule has 0 aromatic rings. The maximum absolute atomic E-state index is 9.92. The predicted octanol–water partition coefficient (Wildman–Crippen LogP) is 2.48. The lowest BCUT2D eigenvalue weighted by atomic mass is 9.82. The molecule has 2 nitrogen and oxygen atoms in total. The summed E-state index contributed by atoms with van der Waals surface area (Å²) in [5.41, 5.74) is 0. The highest BCUT2D eigenvalue weighted by molar-refractivity contribution is 4.78. The van der Waals surface area contributed by atoms with Crippen molar-refractivity contribution in [3.05, 3.63) is 0 Å². The van der Waals surface area contributed by atoms with E-state index < -0.39 is 12.2 Å². The largest absolute Gasteiger partial charge is 0.390 e. The van der Waals surface area contributed by atoms with Gasteiger partial charge >= 0.3 is 0 Å². The second kappa shape index (κ2) is 6.41. The smallest absolute Gasteiger partial charge is 0.0827 e. The Balaban J connectivity index is 2.26. The fraction of sp³-hybridized carbons (Fsp3) is 1.00. The zero-order valence-electron chi connectivity index (χ0n) is 9.28. The number of aliphatic hydroxyl groups is 2. The van der Waals surface area contributed by atoms with Gasteiger partial charge in [0.1, 0.15) is 0 Å². The summed E-state index contributed by atoms with van der Waals surface area (Å²) in [6, 6.07) is 0. The number of unbranched alkanes of at least 4 members (excludes halogenated alkanes) is 1. The average molecular weight is 200 g/mol. The Morgan fingerprint density at radius 1 is 1.14 bits per heavy atom. The molecule has 0 amide bonds. The van der Waals surface area contributed by atoms with Crippen LogP contribution in [0.25, 0.3) is 0 Å². The molecule has 0 bridgehead atoms. The van der Waals surface area contributed by atoms with Gasteiger partial charge in [-0.25, -0.2) is 0 Å². The topological polar surface area (TPSA) is 40.5 Å². The molecular weight excluding hydrogens is 176 g/mol. The van der Waals surface area contributed by atoms with E-state index in [1.165, 1.54) is 19.3 Å². The monoisotopic (exact) mass is 200 g/mol. The summed E-state index contributed by atoms with van der Waals surface area (Å²) in [5.74, 6) is 0.357. The molecule has 14 heavy (non-hydrogen) atoms. The fourth-order valence-corrected chi connectivity index (χ4v) is 2.37. The van der Waals surface area contributed by atoms with Crippen molar-refractivity contribution in [3.63, 3.8) is 0 Å². The third-order valence-electron chi connectivity index (χ3n) is 3.38. The molecule has 1 aliphatic carbocycles. The van der Waals surface area contributed by atoms with Crippen LogP contribution in [0.5, 0.6) is 0 Å². The van der Waals surface area contributed by atoms with Gasteiger partial charge in [0.05, 0.1) is 12.2 Å². The van der Waals surface area contributed by atoms with Gasteiger partial charge in [0.15, 0.2) is 0 Å². The van der Waals surface area contributed by atoms with Crippen molar-refractivity contribution in [2.45, 2.75) is 70.5 Å². The zero-order valence-corrected chi connectivity index (χ0v) is 9.28. The minimum absolute atomic E-state index is 0.357. The summed E-state index contributed by atoms with van der Waals surface area (Å²) >= 11 is 0. The van der Waals surface area contributed by atoms with Crippen LogP contribution < -0.4 is 0 Å². The van der Waals surface area contributed by atoms with Crippen molar-refractivity contribution in [1.29, 1.82) is 0 Å². The van der Waals surface area contributed by atoms with Gasteiger partial charge in [-0.15, -0.1) is 0 Å². The molecule has 2 atom stereocenters. The molecule has 2 N–H and O–H groups in total. The Kier molecular flexibility index (Phi) is 5.49. The Hall–Kier alpha value is -0.0800. The van der Waals surface area contributed by atoms with Gasteiger partial charge in [-0.05, 0) is 25.2 Å². The second-order valence-electron chi connectivity index (χ2n) is 4.60. The van der Waals surface area contributed by atoms with Crippen LogP contribution in [0.3, 0.4) is 0 Å². The van der Waals surface area contributed by atoms with Crippen LogP contribution in [-0.2, 0) is 0 Å². The van der Waals surface area contributed by atoms with Crippen LogP contribution in [0.15, 0.2) is 0 Å². The van der Waals surface area contributed by atoms with E-state index in [1.807, 2.05) is 0 Å². The molecule has 0 heterocycles. The van der Waals surface area contributed by atoms with Crippen molar-refractivity contribution >= 4 is 0 Å². The molecule has 0 aromatic heterocycles. The fourth-order valence-electron chi connectivity index (χ4n) is 2.37. The first-order chi connectivity index (χ1) is 6.75. The van der Waals surface area contributed by atoms with Crippen LogP contribution in [-0.4, -0.2) is 22.4 Å². The van der Waals surface area contributed by atoms with Gasteiger partial charge < -0.3 is 10.2 Å². The molecule has 0 aliphatic heterocycles. The van der Waals surface area contributed by atoms with Gasteiger partial charge in [0.25, 0.3) is 0 Å². The number of rotatable bonds is 5. The molecule has 0 saturated heterocycles. The maximum Gasteiger partial charge on any atom is 0.0827 e. The van der Waals surface area contributed by atoms with E-state index in [0.717, 1.165) is 32.1 Å². The minimum Gasteiger partial charge on any atom is -0.390 e. The first-order valence-electron chi connectivity index (χ1n) is 6.11. The van der Waals surface area contributed by atoms with Crippen LogP contribution in [0.2, 0.25) is 0 Å². The van der Waals surface area contributed by atoms with Gasteiger partial charge in [-0.2, -0.15) is 0 Å².